The number of anilines is 2. The van der Waals surface area contributed by atoms with Crippen molar-refractivity contribution in [2.45, 2.75) is 31.7 Å². The molecule has 1 aromatic carbocycles. The Morgan fingerprint density at radius 1 is 1.16 bits per heavy atom. The minimum absolute atomic E-state index is 0.0166. The topological polar surface area (TPSA) is 162 Å². The maximum absolute atomic E-state index is 12.5. The molecule has 0 saturated carbocycles. The summed E-state index contributed by atoms with van der Waals surface area (Å²) in [7, 11) is -3.90. The van der Waals surface area contributed by atoms with E-state index in [0.29, 0.717) is 17.1 Å². The van der Waals surface area contributed by atoms with E-state index < -0.39 is 14.9 Å². The zero-order valence-corrected chi connectivity index (χ0v) is 17.5. The molecule has 2 heterocycles. The molecule has 0 spiro atoms. The van der Waals surface area contributed by atoms with Crippen LogP contribution in [0.4, 0.5) is 17.3 Å². The van der Waals surface area contributed by atoms with E-state index in [1.165, 1.54) is 35.1 Å². The van der Waals surface area contributed by atoms with Crippen molar-refractivity contribution in [2.24, 2.45) is 0 Å². The van der Waals surface area contributed by atoms with Gasteiger partial charge in [0.2, 0.25) is 11.9 Å². The van der Waals surface area contributed by atoms with Crippen molar-refractivity contribution in [1.29, 1.82) is 0 Å². The number of hydrogen-bond donors (Lipinski definition) is 2. The van der Waals surface area contributed by atoms with Gasteiger partial charge in [-0.05, 0) is 44.2 Å². The van der Waals surface area contributed by atoms with Gasteiger partial charge < -0.3 is 5.32 Å². The number of amides is 1. The number of rotatable bonds is 8. The molecule has 0 bridgehead atoms. The number of carbonyl (C=O) groups is 1. The van der Waals surface area contributed by atoms with Crippen LogP contribution < -0.4 is 10.0 Å². The monoisotopic (exact) mass is 445 g/mol. The summed E-state index contributed by atoms with van der Waals surface area (Å²) in [6.07, 6.45) is 2.37. The smallest absolute Gasteiger partial charge is 0.306 e. The maximum Gasteiger partial charge on any atom is 0.306 e. The summed E-state index contributed by atoms with van der Waals surface area (Å²) in [5.74, 6) is -0.371. The summed E-state index contributed by atoms with van der Waals surface area (Å²) < 4.78 is 28.7. The molecule has 0 aliphatic rings. The summed E-state index contributed by atoms with van der Waals surface area (Å²) in [4.78, 5) is 30.2. The first-order chi connectivity index (χ1) is 14.6. The fraction of sp³-hybridized carbons (Fsp3) is 0.222. The third-order valence-electron chi connectivity index (χ3n) is 4.05. The number of aryl methyl sites for hydroxylation is 3. The lowest BCUT2D eigenvalue weighted by Crippen LogP contribution is -2.16. The second-order valence-corrected chi connectivity index (χ2v) is 8.30. The predicted molar refractivity (Wildman–Crippen MR) is 111 cm³/mol. The summed E-state index contributed by atoms with van der Waals surface area (Å²) >= 11 is 0. The molecule has 12 nitrogen and oxygen atoms in total. The van der Waals surface area contributed by atoms with Crippen LogP contribution in [-0.4, -0.2) is 39.0 Å². The van der Waals surface area contributed by atoms with Crippen molar-refractivity contribution in [3.63, 3.8) is 0 Å². The zero-order chi connectivity index (χ0) is 22.6. The Balaban J connectivity index is 1.59. The molecule has 2 aromatic heterocycles. The van der Waals surface area contributed by atoms with Crippen molar-refractivity contribution in [2.75, 3.05) is 10.0 Å². The lowest BCUT2D eigenvalue weighted by Gasteiger charge is -2.09. The molecule has 0 fully saturated rings. The second kappa shape index (κ2) is 8.87. The van der Waals surface area contributed by atoms with Crippen LogP contribution in [0, 0.1) is 24.0 Å². The zero-order valence-electron chi connectivity index (χ0n) is 16.6. The van der Waals surface area contributed by atoms with Gasteiger partial charge in [0, 0.05) is 30.0 Å². The Bertz CT molecular complexity index is 1200. The van der Waals surface area contributed by atoms with E-state index in [2.05, 4.69) is 25.1 Å². The van der Waals surface area contributed by atoms with Gasteiger partial charge in [0.05, 0.1) is 9.82 Å². The van der Waals surface area contributed by atoms with Crippen LogP contribution in [0.5, 0.6) is 0 Å². The van der Waals surface area contributed by atoms with E-state index in [4.69, 9.17) is 0 Å². The molecular weight excluding hydrogens is 426 g/mol. The number of nitrogens with zero attached hydrogens (tertiary/aromatic N) is 5. The van der Waals surface area contributed by atoms with Gasteiger partial charge in [-0.3, -0.25) is 19.6 Å². The Hall–Kier alpha value is -3.87. The van der Waals surface area contributed by atoms with Crippen molar-refractivity contribution < 1.29 is 18.1 Å². The molecule has 2 N–H and O–H groups in total. The molecule has 0 atom stereocenters. The number of carbonyl (C=O) groups excluding carboxylic acids is 1. The van der Waals surface area contributed by atoms with Gasteiger partial charge in [-0.2, -0.15) is 5.10 Å². The fourth-order valence-electron chi connectivity index (χ4n) is 2.68. The largest absolute Gasteiger partial charge is 0.326 e. The van der Waals surface area contributed by atoms with Crippen molar-refractivity contribution >= 4 is 33.3 Å². The highest BCUT2D eigenvalue weighted by molar-refractivity contribution is 7.92. The van der Waals surface area contributed by atoms with E-state index in [1.807, 2.05) is 0 Å². The van der Waals surface area contributed by atoms with Gasteiger partial charge in [0.1, 0.15) is 12.4 Å². The standard InChI is InChI=1S/C18H19N7O5S/c1-12-9-13(2)21-18(20-12)23-31(29,30)16-5-3-14(4-6-16)22-17(26)7-8-24-11-15(10-19-24)25(27)28/h3-6,9-11H,7-8H2,1-2H3,(H,22,26)(H,20,21,23). The first kappa shape index (κ1) is 21.8. The third-order valence-corrected chi connectivity index (χ3v) is 5.40. The van der Waals surface area contributed by atoms with Crippen LogP contribution >= 0.6 is 0 Å². The molecule has 0 unspecified atom stereocenters. The summed E-state index contributed by atoms with van der Waals surface area (Å²) in [6, 6.07) is 7.32. The van der Waals surface area contributed by atoms with E-state index in [9.17, 15) is 23.3 Å². The molecule has 13 heteroatoms. The highest BCUT2D eigenvalue weighted by atomic mass is 32.2. The van der Waals surface area contributed by atoms with Gasteiger partial charge in [-0.1, -0.05) is 0 Å². The molecule has 0 aliphatic heterocycles. The maximum atomic E-state index is 12.5. The number of aromatic nitrogens is 4. The Kier molecular flexibility index (Phi) is 6.25. The SMILES string of the molecule is Cc1cc(C)nc(NS(=O)(=O)c2ccc(NC(=O)CCn3cc([N+](=O)[O-])cn3)cc2)n1. The highest BCUT2D eigenvalue weighted by Gasteiger charge is 2.16. The molecule has 162 valence electrons. The van der Waals surface area contributed by atoms with E-state index in [-0.39, 0.29) is 35.4 Å². The van der Waals surface area contributed by atoms with Crippen LogP contribution in [0.1, 0.15) is 17.8 Å². The lowest BCUT2D eigenvalue weighted by atomic mass is 10.3. The summed E-state index contributed by atoms with van der Waals surface area (Å²) in [5, 5.41) is 17.1. The molecule has 0 saturated heterocycles. The predicted octanol–water partition coefficient (Wildman–Crippen LogP) is 2.03. The Morgan fingerprint density at radius 3 is 2.39 bits per heavy atom. The quantitative estimate of drug-likeness (QED) is 0.393. The van der Waals surface area contributed by atoms with Gasteiger partial charge in [-0.25, -0.2) is 23.1 Å². The molecular formula is C18H19N7O5S. The van der Waals surface area contributed by atoms with Crippen LogP contribution in [-0.2, 0) is 21.4 Å². The first-order valence-electron chi connectivity index (χ1n) is 9.04. The Labute approximate surface area is 177 Å². The van der Waals surface area contributed by atoms with E-state index >= 15 is 0 Å². The van der Waals surface area contributed by atoms with Gasteiger partial charge in [-0.15, -0.1) is 0 Å². The van der Waals surface area contributed by atoms with Crippen molar-refractivity contribution in [3.8, 4) is 0 Å². The first-order valence-corrected chi connectivity index (χ1v) is 10.5. The molecule has 0 aliphatic carbocycles. The number of hydrogen-bond acceptors (Lipinski definition) is 8. The highest BCUT2D eigenvalue weighted by Crippen LogP contribution is 2.17. The molecule has 0 radical (unpaired) electrons. The van der Waals surface area contributed by atoms with Crippen LogP contribution in [0.25, 0.3) is 0 Å². The number of nitrogens with one attached hydrogen (secondary N) is 2. The van der Waals surface area contributed by atoms with Crippen LogP contribution in [0.15, 0.2) is 47.6 Å². The lowest BCUT2D eigenvalue weighted by molar-refractivity contribution is -0.385. The summed E-state index contributed by atoms with van der Waals surface area (Å²) in [5.41, 5.74) is 1.51. The average molecular weight is 445 g/mol. The fourth-order valence-corrected chi connectivity index (χ4v) is 3.62. The summed E-state index contributed by atoms with van der Waals surface area (Å²) in [6.45, 7) is 3.63. The van der Waals surface area contributed by atoms with E-state index in [1.54, 1.807) is 19.9 Å². The van der Waals surface area contributed by atoms with Gasteiger partial charge >= 0.3 is 5.69 Å². The second-order valence-electron chi connectivity index (χ2n) is 6.62. The number of sulfonamides is 1. The van der Waals surface area contributed by atoms with Crippen molar-refractivity contribution in [1.82, 2.24) is 19.7 Å². The molecule has 3 aromatic rings. The van der Waals surface area contributed by atoms with Crippen molar-refractivity contribution in [3.05, 3.63) is 64.2 Å². The molecule has 31 heavy (non-hydrogen) atoms. The van der Waals surface area contributed by atoms with E-state index in [0.717, 1.165) is 6.20 Å². The number of benzene rings is 1. The van der Waals surface area contributed by atoms with Crippen LogP contribution in [0.2, 0.25) is 0 Å². The minimum Gasteiger partial charge on any atom is -0.326 e. The minimum atomic E-state index is -3.90. The molecule has 1 amide bonds. The third kappa shape index (κ3) is 5.82. The molecule has 3 rings (SSSR count). The van der Waals surface area contributed by atoms with Gasteiger partial charge in [0.25, 0.3) is 10.0 Å². The normalized spacial score (nSPS) is 11.2. The van der Waals surface area contributed by atoms with Crippen LogP contribution in [0.3, 0.4) is 0 Å². The number of nitro groups is 1. The van der Waals surface area contributed by atoms with Gasteiger partial charge in [0.15, 0.2) is 0 Å². The average Bonchev–Trinajstić information content (AvgIpc) is 3.15. The Morgan fingerprint density at radius 2 is 1.81 bits per heavy atom.